The van der Waals surface area contributed by atoms with Crippen LogP contribution in [-0.4, -0.2) is 31.1 Å². The van der Waals surface area contributed by atoms with Crippen LogP contribution < -0.4 is 5.32 Å². The number of nitrogens with one attached hydrogen (secondary N) is 1. The Labute approximate surface area is 105 Å². The van der Waals surface area contributed by atoms with Crippen LogP contribution in [-0.2, 0) is 0 Å². The maximum absolute atomic E-state index is 5.62. The van der Waals surface area contributed by atoms with Crippen molar-refractivity contribution >= 4 is 11.3 Å². The first-order valence-corrected chi connectivity index (χ1v) is 6.90. The minimum Gasteiger partial charge on any atom is -0.467 e. The molecule has 4 heteroatoms. The van der Waals surface area contributed by atoms with E-state index in [4.69, 9.17) is 4.42 Å². The van der Waals surface area contributed by atoms with E-state index in [0.29, 0.717) is 0 Å². The molecule has 17 heavy (non-hydrogen) atoms. The van der Waals surface area contributed by atoms with Crippen molar-refractivity contribution in [3.05, 3.63) is 46.5 Å². The molecular formula is C13H16N2OS. The van der Waals surface area contributed by atoms with E-state index in [9.17, 15) is 0 Å². The molecule has 0 aromatic carbocycles. The minimum atomic E-state index is 0.276. The summed E-state index contributed by atoms with van der Waals surface area (Å²) in [5, 5.41) is 7.74. The molecule has 1 saturated heterocycles. The van der Waals surface area contributed by atoms with E-state index in [1.54, 1.807) is 17.6 Å². The third kappa shape index (κ3) is 2.29. The first kappa shape index (κ1) is 11.0. The molecule has 3 rings (SSSR count). The predicted molar refractivity (Wildman–Crippen MR) is 69.3 cm³/mol. The van der Waals surface area contributed by atoms with Gasteiger partial charge in [-0.1, -0.05) is 0 Å². The quantitative estimate of drug-likeness (QED) is 0.903. The van der Waals surface area contributed by atoms with Crippen molar-refractivity contribution in [1.29, 1.82) is 0 Å². The minimum absolute atomic E-state index is 0.276. The van der Waals surface area contributed by atoms with Crippen LogP contribution in [0.1, 0.15) is 17.4 Å². The second-order valence-corrected chi connectivity index (χ2v) is 5.04. The summed E-state index contributed by atoms with van der Waals surface area (Å²) in [6.07, 6.45) is 1.76. The van der Waals surface area contributed by atoms with E-state index in [0.717, 1.165) is 31.9 Å². The van der Waals surface area contributed by atoms with Gasteiger partial charge in [0.2, 0.25) is 0 Å². The molecule has 0 saturated carbocycles. The molecule has 1 aliphatic rings. The van der Waals surface area contributed by atoms with Crippen LogP contribution in [0.3, 0.4) is 0 Å². The van der Waals surface area contributed by atoms with Gasteiger partial charge in [0.25, 0.3) is 0 Å². The number of rotatable bonds is 3. The fourth-order valence-corrected chi connectivity index (χ4v) is 3.05. The second kappa shape index (κ2) is 5.04. The zero-order valence-corrected chi connectivity index (χ0v) is 10.5. The number of nitrogens with zero attached hydrogens (tertiary/aromatic N) is 1. The maximum Gasteiger partial charge on any atom is 0.125 e. The van der Waals surface area contributed by atoms with Crippen LogP contribution in [0.4, 0.5) is 0 Å². The van der Waals surface area contributed by atoms with Gasteiger partial charge in [0.05, 0.1) is 12.3 Å². The molecule has 1 unspecified atom stereocenters. The summed E-state index contributed by atoms with van der Waals surface area (Å²) in [6, 6.07) is 6.51. The molecular weight excluding hydrogens is 232 g/mol. The summed E-state index contributed by atoms with van der Waals surface area (Å²) in [5.74, 6) is 1.05. The van der Waals surface area contributed by atoms with Gasteiger partial charge in [-0.05, 0) is 34.5 Å². The number of hydrogen-bond donors (Lipinski definition) is 1. The average molecular weight is 248 g/mol. The molecule has 90 valence electrons. The highest BCUT2D eigenvalue weighted by molar-refractivity contribution is 7.08. The van der Waals surface area contributed by atoms with Gasteiger partial charge >= 0.3 is 0 Å². The first-order valence-electron chi connectivity index (χ1n) is 5.95. The maximum atomic E-state index is 5.62. The molecule has 2 aromatic rings. The molecule has 1 N–H and O–H groups in total. The topological polar surface area (TPSA) is 28.4 Å². The predicted octanol–water partition coefficient (Wildman–Crippen LogP) is 2.34. The highest BCUT2D eigenvalue weighted by atomic mass is 32.1. The van der Waals surface area contributed by atoms with Gasteiger partial charge < -0.3 is 9.73 Å². The highest BCUT2D eigenvalue weighted by Crippen LogP contribution is 2.30. The Morgan fingerprint density at radius 1 is 1.29 bits per heavy atom. The van der Waals surface area contributed by atoms with Gasteiger partial charge in [-0.15, -0.1) is 0 Å². The monoisotopic (exact) mass is 248 g/mol. The van der Waals surface area contributed by atoms with Gasteiger partial charge in [0, 0.05) is 26.2 Å². The average Bonchev–Trinajstić information content (AvgIpc) is 3.04. The largest absolute Gasteiger partial charge is 0.467 e. The van der Waals surface area contributed by atoms with E-state index < -0.39 is 0 Å². The van der Waals surface area contributed by atoms with E-state index in [1.165, 1.54) is 5.56 Å². The van der Waals surface area contributed by atoms with E-state index in [-0.39, 0.29) is 6.04 Å². The van der Waals surface area contributed by atoms with Gasteiger partial charge in [-0.2, -0.15) is 11.3 Å². The van der Waals surface area contributed by atoms with E-state index in [1.807, 2.05) is 6.07 Å². The number of piperazine rings is 1. The van der Waals surface area contributed by atoms with Crippen LogP contribution in [0.25, 0.3) is 0 Å². The molecule has 0 aliphatic carbocycles. The van der Waals surface area contributed by atoms with Gasteiger partial charge in [0.15, 0.2) is 0 Å². The van der Waals surface area contributed by atoms with Crippen LogP contribution in [0.2, 0.25) is 0 Å². The Morgan fingerprint density at radius 3 is 2.82 bits per heavy atom. The molecule has 0 bridgehead atoms. The smallest absolute Gasteiger partial charge is 0.125 e. The third-order valence-electron chi connectivity index (χ3n) is 3.19. The van der Waals surface area contributed by atoms with Crippen molar-refractivity contribution < 1.29 is 4.42 Å². The van der Waals surface area contributed by atoms with Crippen LogP contribution in [0.5, 0.6) is 0 Å². The fraction of sp³-hybridized carbons (Fsp3) is 0.385. The van der Waals surface area contributed by atoms with Crippen molar-refractivity contribution in [1.82, 2.24) is 10.2 Å². The molecule has 0 amide bonds. The van der Waals surface area contributed by atoms with Crippen LogP contribution >= 0.6 is 11.3 Å². The summed E-state index contributed by atoms with van der Waals surface area (Å²) in [5.41, 5.74) is 1.34. The molecule has 3 heterocycles. The SMILES string of the molecule is c1coc(C(c2ccsc2)N2CCNCC2)c1. The van der Waals surface area contributed by atoms with E-state index in [2.05, 4.69) is 33.1 Å². The highest BCUT2D eigenvalue weighted by Gasteiger charge is 2.25. The Hall–Kier alpha value is -1.10. The molecule has 1 atom stereocenters. The van der Waals surface area contributed by atoms with Crippen LogP contribution in [0.15, 0.2) is 39.6 Å². The standard InChI is InChI=1S/C13H16N2OS/c1-2-12(16-8-1)13(11-3-9-17-10-11)15-6-4-14-5-7-15/h1-3,8-10,13-14H,4-7H2. The first-order chi connectivity index (χ1) is 8.45. The summed E-state index contributed by atoms with van der Waals surface area (Å²) < 4.78 is 5.62. The van der Waals surface area contributed by atoms with Crippen LogP contribution in [0, 0.1) is 0 Å². The summed E-state index contributed by atoms with van der Waals surface area (Å²) >= 11 is 1.75. The Bertz CT molecular complexity index is 398. The van der Waals surface area contributed by atoms with E-state index >= 15 is 0 Å². The normalized spacial score (nSPS) is 19.3. The van der Waals surface area contributed by atoms with Crippen molar-refractivity contribution in [3.8, 4) is 0 Å². The summed E-state index contributed by atoms with van der Waals surface area (Å²) in [7, 11) is 0. The molecule has 3 nitrogen and oxygen atoms in total. The fourth-order valence-electron chi connectivity index (χ4n) is 2.37. The molecule has 2 aromatic heterocycles. The van der Waals surface area contributed by atoms with Gasteiger partial charge in [-0.25, -0.2) is 0 Å². The Kier molecular flexibility index (Phi) is 3.27. The zero-order valence-electron chi connectivity index (χ0n) is 9.63. The lowest BCUT2D eigenvalue weighted by molar-refractivity contribution is 0.180. The lowest BCUT2D eigenvalue weighted by Gasteiger charge is -2.33. The lowest BCUT2D eigenvalue weighted by Crippen LogP contribution is -2.45. The second-order valence-electron chi connectivity index (χ2n) is 4.26. The molecule has 1 fully saturated rings. The third-order valence-corrected chi connectivity index (χ3v) is 3.89. The molecule has 1 aliphatic heterocycles. The van der Waals surface area contributed by atoms with Crippen molar-refractivity contribution in [3.63, 3.8) is 0 Å². The van der Waals surface area contributed by atoms with Crippen molar-refractivity contribution in [2.24, 2.45) is 0 Å². The molecule has 0 radical (unpaired) electrons. The van der Waals surface area contributed by atoms with Gasteiger partial charge in [0.1, 0.15) is 5.76 Å². The number of hydrogen-bond acceptors (Lipinski definition) is 4. The van der Waals surface area contributed by atoms with Crippen molar-refractivity contribution in [2.45, 2.75) is 6.04 Å². The molecule has 0 spiro atoms. The Balaban J connectivity index is 1.91. The Morgan fingerprint density at radius 2 is 2.18 bits per heavy atom. The van der Waals surface area contributed by atoms with Gasteiger partial charge in [-0.3, -0.25) is 4.90 Å². The number of thiophene rings is 1. The summed E-state index contributed by atoms with van der Waals surface area (Å²) in [6.45, 7) is 4.26. The zero-order chi connectivity index (χ0) is 11.5. The summed E-state index contributed by atoms with van der Waals surface area (Å²) in [4.78, 5) is 2.48. The number of furan rings is 1. The van der Waals surface area contributed by atoms with Crippen molar-refractivity contribution in [2.75, 3.05) is 26.2 Å². The lowest BCUT2D eigenvalue weighted by atomic mass is 10.1.